The van der Waals surface area contributed by atoms with Crippen LogP contribution in [0.15, 0.2) is 29.6 Å². The van der Waals surface area contributed by atoms with Crippen molar-refractivity contribution in [2.45, 2.75) is 41.5 Å². The maximum atomic E-state index is 12.8. The van der Waals surface area contributed by atoms with Gasteiger partial charge in [0.05, 0.1) is 13.2 Å². The number of hydrogen-bond acceptors (Lipinski definition) is 5. The Morgan fingerprint density at radius 2 is 1.67 bits per heavy atom. The van der Waals surface area contributed by atoms with Gasteiger partial charge < -0.3 is 10.1 Å². The molecule has 0 aliphatic heterocycles. The number of carbonyl (C=O) groups excluding carboxylic acids is 2. The summed E-state index contributed by atoms with van der Waals surface area (Å²) < 4.78 is 5.29. The van der Waals surface area contributed by atoms with Crippen molar-refractivity contribution < 1.29 is 14.3 Å². The Hall–Kier alpha value is -2.18. The number of esters is 1. The van der Waals surface area contributed by atoms with E-state index in [1.807, 2.05) is 36.6 Å². The average molecular weight is 431 g/mol. The quantitative estimate of drug-likeness (QED) is 0.509. The first-order valence-electron chi connectivity index (χ1n) is 10.6. The van der Waals surface area contributed by atoms with Crippen LogP contribution in [-0.2, 0) is 9.53 Å². The molecule has 2 aromatic rings. The molecule has 1 heterocycles. The summed E-state index contributed by atoms with van der Waals surface area (Å²) in [5, 5.41) is 5.42. The molecule has 0 spiro atoms. The van der Waals surface area contributed by atoms with Gasteiger partial charge in [0, 0.05) is 24.0 Å². The van der Waals surface area contributed by atoms with Crippen LogP contribution < -0.4 is 5.32 Å². The summed E-state index contributed by atoms with van der Waals surface area (Å²) >= 11 is 1.36. The lowest BCUT2D eigenvalue weighted by Crippen LogP contribution is -2.38. The Balaban J connectivity index is 2.26. The lowest BCUT2D eigenvalue weighted by atomic mass is 10.0. The van der Waals surface area contributed by atoms with Crippen molar-refractivity contribution in [3.63, 3.8) is 0 Å². The summed E-state index contributed by atoms with van der Waals surface area (Å²) in [5.41, 5.74) is 3.30. The molecule has 164 valence electrons. The number of benzene rings is 1. The first-order valence-corrected chi connectivity index (χ1v) is 11.5. The van der Waals surface area contributed by atoms with Gasteiger partial charge in [0.25, 0.3) is 0 Å². The fourth-order valence-electron chi connectivity index (χ4n) is 3.41. The topological polar surface area (TPSA) is 58.6 Å². The summed E-state index contributed by atoms with van der Waals surface area (Å²) in [4.78, 5) is 27.7. The van der Waals surface area contributed by atoms with Gasteiger partial charge in [0.15, 0.2) is 0 Å². The highest BCUT2D eigenvalue weighted by molar-refractivity contribution is 7.15. The molecular weight excluding hydrogens is 396 g/mol. The number of nitrogens with zero attached hydrogens (tertiary/aromatic N) is 1. The highest BCUT2D eigenvalue weighted by atomic mass is 32.1. The van der Waals surface area contributed by atoms with Crippen LogP contribution >= 0.6 is 11.3 Å². The standard InChI is InChI=1S/C24H34N2O3S/c1-7-29-24(28)22-20(19-10-8-18(6)9-11-19)15-30-23(22)25-21(27)14-26(12-16(2)3)13-17(4)5/h8-11,15-17H,7,12-14H2,1-6H3,(H,25,27). The van der Waals surface area contributed by atoms with Gasteiger partial charge in [0.2, 0.25) is 5.91 Å². The highest BCUT2D eigenvalue weighted by Crippen LogP contribution is 2.36. The molecule has 0 atom stereocenters. The predicted octanol–water partition coefficient (Wildman–Crippen LogP) is 5.45. The lowest BCUT2D eigenvalue weighted by molar-refractivity contribution is -0.117. The Kier molecular flexibility index (Phi) is 9.06. The van der Waals surface area contributed by atoms with E-state index >= 15 is 0 Å². The fourth-order valence-corrected chi connectivity index (χ4v) is 4.38. The van der Waals surface area contributed by atoms with Crippen molar-refractivity contribution in [3.05, 3.63) is 40.8 Å². The van der Waals surface area contributed by atoms with Gasteiger partial charge in [-0.25, -0.2) is 4.79 Å². The molecule has 0 saturated heterocycles. The van der Waals surface area contributed by atoms with E-state index in [-0.39, 0.29) is 12.5 Å². The van der Waals surface area contributed by atoms with E-state index in [9.17, 15) is 9.59 Å². The number of aryl methyl sites for hydroxylation is 1. The van der Waals surface area contributed by atoms with Crippen LogP contribution in [0.3, 0.4) is 0 Å². The molecule has 0 aliphatic carbocycles. The Labute approximate surface area is 184 Å². The molecular formula is C24H34N2O3S. The fraction of sp³-hybridized carbons (Fsp3) is 0.500. The molecule has 1 aromatic carbocycles. The van der Waals surface area contributed by atoms with E-state index in [2.05, 4.69) is 37.9 Å². The number of ether oxygens (including phenoxy) is 1. The summed E-state index contributed by atoms with van der Waals surface area (Å²) in [5.74, 6) is 0.424. The van der Waals surface area contributed by atoms with E-state index in [0.717, 1.165) is 29.8 Å². The molecule has 0 saturated carbocycles. The predicted molar refractivity (Wildman–Crippen MR) is 125 cm³/mol. The van der Waals surface area contributed by atoms with Crippen LogP contribution in [-0.4, -0.2) is 43.0 Å². The minimum absolute atomic E-state index is 0.112. The first kappa shape index (κ1) is 24.1. The highest BCUT2D eigenvalue weighted by Gasteiger charge is 2.23. The van der Waals surface area contributed by atoms with Crippen molar-refractivity contribution in [2.24, 2.45) is 11.8 Å². The van der Waals surface area contributed by atoms with Gasteiger partial charge in [-0.15, -0.1) is 11.3 Å². The smallest absolute Gasteiger partial charge is 0.341 e. The molecule has 0 bridgehead atoms. The SMILES string of the molecule is CCOC(=O)c1c(-c2ccc(C)cc2)csc1NC(=O)CN(CC(C)C)CC(C)C. The summed E-state index contributed by atoms with van der Waals surface area (Å²) in [6, 6.07) is 7.99. The third kappa shape index (κ3) is 6.96. The minimum atomic E-state index is -0.411. The monoisotopic (exact) mass is 430 g/mol. The van der Waals surface area contributed by atoms with Crippen molar-refractivity contribution in [3.8, 4) is 11.1 Å². The van der Waals surface area contributed by atoms with Gasteiger partial charge >= 0.3 is 5.97 Å². The van der Waals surface area contributed by atoms with Gasteiger partial charge in [-0.3, -0.25) is 9.69 Å². The number of nitrogens with one attached hydrogen (secondary N) is 1. The molecule has 30 heavy (non-hydrogen) atoms. The van der Waals surface area contributed by atoms with Crippen molar-refractivity contribution in [2.75, 3.05) is 31.6 Å². The van der Waals surface area contributed by atoms with Gasteiger partial charge in [-0.05, 0) is 31.2 Å². The van der Waals surface area contributed by atoms with Gasteiger partial charge in [0.1, 0.15) is 10.6 Å². The van der Waals surface area contributed by atoms with Crippen molar-refractivity contribution >= 4 is 28.2 Å². The molecule has 6 heteroatoms. The lowest BCUT2D eigenvalue weighted by Gasteiger charge is -2.25. The van der Waals surface area contributed by atoms with Crippen LogP contribution in [0.5, 0.6) is 0 Å². The van der Waals surface area contributed by atoms with Crippen molar-refractivity contribution in [1.82, 2.24) is 4.90 Å². The van der Waals surface area contributed by atoms with Gasteiger partial charge in [-0.2, -0.15) is 0 Å². The Morgan fingerprint density at radius 3 is 2.20 bits per heavy atom. The number of hydrogen-bond donors (Lipinski definition) is 1. The second-order valence-electron chi connectivity index (χ2n) is 8.47. The summed E-state index contributed by atoms with van der Waals surface area (Å²) in [7, 11) is 0. The maximum Gasteiger partial charge on any atom is 0.341 e. The number of thiophene rings is 1. The van der Waals surface area contributed by atoms with Crippen LogP contribution in [0.1, 0.15) is 50.5 Å². The normalized spacial score (nSPS) is 11.4. The zero-order valence-electron chi connectivity index (χ0n) is 19.0. The van der Waals surface area contributed by atoms with E-state index in [1.54, 1.807) is 6.92 Å². The largest absolute Gasteiger partial charge is 0.462 e. The molecule has 1 aromatic heterocycles. The first-order chi connectivity index (χ1) is 14.2. The molecule has 0 radical (unpaired) electrons. The number of rotatable bonds is 10. The number of amides is 1. The zero-order chi connectivity index (χ0) is 22.3. The Morgan fingerprint density at radius 1 is 1.07 bits per heavy atom. The number of anilines is 1. The maximum absolute atomic E-state index is 12.8. The molecule has 1 amide bonds. The third-order valence-corrected chi connectivity index (χ3v) is 5.40. The molecule has 2 rings (SSSR count). The molecule has 1 N–H and O–H groups in total. The zero-order valence-corrected chi connectivity index (χ0v) is 19.8. The van der Waals surface area contributed by atoms with Crippen LogP contribution in [0.25, 0.3) is 11.1 Å². The second kappa shape index (κ2) is 11.3. The molecule has 5 nitrogen and oxygen atoms in total. The van der Waals surface area contributed by atoms with E-state index in [0.29, 0.717) is 28.9 Å². The third-order valence-electron chi connectivity index (χ3n) is 4.50. The van der Waals surface area contributed by atoms with Gasteiger partial charge in [-0.1, -0.05) is 57.5 Å². The van der Waals surface area contributed by atoms with Crippen molar-refractivity contribution in [1.29, 1.82) is 0 Å². The van der Waals surface area contributed by atoms with E-state index in [4.69, 9.17) is 4.74 Å². The number of carbonyl (C=O) groups is 2. The van der Waals surface area contributed by atoms with Crippen LogP contribution in [0.2, 0.25) is 0 Å². The second-order valence-corrected chi connectivity index (χ2v) is 9.35. The van der Waals surface area contributed by atoms with Crippen LogP contribution in [0, 0.1) is 18.8 Å². The minimum Gasteiger partial charge on any atom is -0.462 e. The average Bonchev–Trinajstić information content (AvgIpc) is 3.04. The Bertz CT molecular complexity index is 831. The molecule has 0 fully saturated rings. The van der Waals surface area contributed by atoms with Crippen LogP contribution in [0.4, 0.5) is 5.00 Å². The summed E-state index contributed by atoms with van der Waals surface area (Å²) in [6.07, 6.45) is 0. The summed E-state index contributed by atoms with van der Waals surface area (Å²) in [6.45, 7) is 14.7. The molecule has 0 aliphatic rings. The van der Waals surface area contributed by atoms with E-state index in [1.165, 1.54) is 11.3 Å². The molecule has 0 unspecified atom stereocenters. The van der Waals surface area contributed by atoms with E-state index < -0.39 is 5.97 Å².